The number of hydrazone groups is 1. The minimum Gasteiger partial charge on any atom is -0.494 e. The summed E-state index contributed by atoms with van der Waals surface area (Å²) in [5.74, 6) is 0.353. The monoisotopic (exact) mass is 434 g/mol. The zero-order chi connectivity index (χ0) is 22.8. The molecule has 0 saturated heterocycles. The molecule has 168 valence electrons. The van der Waals surface area contributed by atoms with Gasteiger partial charge in [-0.2, -0.15) is 10.2 Å². The molecule has 1 N–H and O–H groups in total. The standard InChI is InChI=1S/C25H30N4O3/c1-3-5-6-9-17-32-20-14-12-19(13-15-20)18-26-27-24(30)23-21-10-7-8-11-22(21)25(31)29(28-23)16-4-2/h7-8,10-15,18H,3-6,9,16-17H2,1-2H3,(H,27,30)/b26-18+. The molecule has 32 heavy (non-hydrogen) atoms. The van der Waals surface area contributed by atoms with Crippen molar-refractivity contribution >= 4 is 22.9 Å². The summed E-state index contributed by atoms with van der Waals surface area (Å²) in [5, 5.41) is 9.31. The van der Waals surface area contributed by atoms with Crippen LogP contribution in [0.15, 0.2) is 58.4 Å². The van der Waals surface area contributed by atoms with Gasteiger partial charge in [0.2, 0.25) is 0 Å². The average molecular weight is 435 g/mol. The topological polar surface area (TPSA) is 85.6 Å². The number of hydrogen-bond acceptors (Lipinski definition) is 5. The molecule has 0 atom stereocenters. The van der Waals surface area contributed by atoms with E-state index in [2.05, 4.69) is 22.5 Å². The van der Waals surface area contributed by atoms with Crippen LogP contribution in [-0.4, -0.2) is 28.5 Å². The van der Waals surface area contributed by atoms with Gasteiger partial charge >= 0.3 is 0 Å². The molecule has 0 fully saturated rings. The number of aryl methyl sites for hydroxylation is 1. The first-order valence-electron chi connectivity index (χ1n) is 11.2. The largest absolute Gasteiger partial charge is 0.494 e. The summed E-state index contributed by atoms with van der Waals surface area (Å²) in [6.45, 7) is 5.30. The fourth-order valence-electron chi connectivity index (χ4n) is 3.35. The van der Waals surface area contributed by atoms with Gasteiger partial charge in [-0.1, -0.05) is 51.3 Å². The van der Waals surface area contributed by atoms with Gasteiger partial charge in [0.25, 0.3) is 11.5 Å². The number of hydrogen-bond donors (Lipinski definition) is 1. The highest BCUT2D eigenvalue weighted by atomic mass is 16.5. The Morgan fingerprint density at radius 3 is 2.50 bits per heavy atom. The highest BCUT2D eigenvalue weighted by Crippen LogP contribution is 2.14. The lowest BCUT2D eigenvalue weighted by Gasteiger charge is -2.09. The molecule has 0 saturated carbocycles. The Labute approximate surface area is 188 Å². The first kappa shape index (κ1) is 23.2. The lowest BCUT2D eigenvalue weighted by Crippen LogP contribution is -2.29. The average Bonchev–Trinajstić information content (AvgIpc) is 2.82. The van der Waals surface area contributed by atoms with E-state index >= 15 is 0 Å². The van der Waals surface area contributed by atoms with E-state index in [1.54, 1.807) is 30.5 Å². The number of ether oxygens (including phenoxy) is 1. The maximum absolute atomic E-state index is 12.7. The van der Waals surface area contributed by atoms with E-state index in [1.165, 1.54) is 23.9 Å². The van der Waals surface area contributed by atoms with Gasteiger partial charge in [-0.25, -0.2) is 10.1 Å². The van der Waals surface area contributed by atoms with Crippen molar-refractivity contribution in [2.24, 2.45) is 5.10 Å². The van der Waals surface area contributed by atoms with Crippen LogP contribution < -0.4 is 15.7 Å². The lowest BCUT2D eigenvalue weighted by atomic mass is 10.1. The van der Waals surface area contributed by atoms with E-state index < -0.39 is 5.91 Å². The molecule has 0 spiro atoms. The lowest BCUT2D eigenvalue weighted by molar-refractivity contribution is 0.0949. The van der Waals surface area contributed by atoms with Gasteiger partial charge in [-0.05, 0) is 48.7 Å². The van der Waals surface area contributed by atoms with Crippen LogP contribution in [0.4, 0.5) is 0 Å². The molecule has 0 aliphatic carbocycles. The summed E-state index contributed by atoms with van der Waals surface area (Å²) in [5.41, 5.74) is 3.33. The first-order valence-corrected chi connectivity index (χ1v) is 11.2. The van der Waals surface area contributed by atoms with Gasteiger partial charge in [0.15, 0.2) is 5.69 Å². The van der Waals surface area contributed by atoms with E-state index in [0.717, 1.165) is 24.2 Å². The summed E-state index contributed by atoms with van der Waals surface area (Å²) >= 11 is 0. The van der Waals surface area contributed by atoms with Crippen LogP contribution in [0, 0.1) is 0 Å². The molecule has 0 bridgehead atoms. The highest BCUT2D eigenvalue weighted by molar-refractivity contribution is 6.04. The molecule has 0 unspecified atom stereocenters. The summed E-state index contributed by atoms with van der Waals surface area (Å²) in [7, 11) is 0. The van der Waals surface area contributed by atoms with Gasteiger partial charge in [0.05, 0.1) is 18.2 Å². The number of nitrogens with zero attached hydrogens (tertiary/aromatic N) is 3. The predicted octanol–water partition coefficient (Wildman–Crippen LogP) is 4.53. The number of benzene rings is 2. The van der Waals surface area contributed by atoms with E-state index in [-0.39, 0.29) is 11.3 Å². The van der Waals surface area contributed by atoms with Crippen molar-refractivity contribution in [1.82, 2.24) is 15.2 Å². The number of carbonyl (C=O) groups is 1. The van der Waals surface area contributed by atoms with Gasteiger partial charge in [0.1, 0.15) is 5.75 Å². The van der Waals surface area contributed by atoms with E-state index in [0.29, 0.717) is 23.9 Å². The normalized spacial score (nSPS) is 11.2. The van der Waals surface area contributed by atoms with Crippen LogP contribution in [0.1, 0.15) is 62.0 Å². The van der Waals surface area contributed by atoms with Crippen molar-refractivity contribution in [2.45, 2.75) is 52.5 Å². The van der Waals surface area contributed by atoms with E-state index in [1.807, 2.05) is 31.2 Å². The molecule has 7 heteroatoms. The molecule has 1 amide bonds. The van der Waals surface area contributed by atoms with Crippen molar-refractivity contribution in [3.05, 3.63) is 70.1 Å². The minimum atomic E-state index is -0.464. The van der Waals surface area contributed by atoms with Gasteiger partial charge in [0, 0.05) is 11.9 Å². The number of unbranched alkanes of at least 4 members (excludes halogenated alkanes) is 3. The van der Waals surface area contributed by atoms with Crippen LogP contribution in [0.25, 0.3) is 10.8 Å². The summed E-state index contributed by atoms with van der Waals surface area (Å²) in [6.07, 6.45) is 6.98. The maximum Gasteiger partial charge on any atom is 0.292 e. The fourth-order valence-corrected chi connectivity index (χ4v) is 3.35. The van der Waals surface area contributed by atoms with Crippen molar-refractivity contribution in [3.8, 4) is 5.75 Å². The third-order valence-corrected chi connectivity index (χ3v) is 5.04. The van der Waals surface area contributed by atoms with E-state index in [4.69, 9.17) is 4.74 Å². The molecule has 0 radical (unpaired) electrons. The third-order valence-electron chi connectivity index (χ3n) is 5.04. The van der Waals surface area contributed by atoms with Crippen LogP contribution in [-0.2, 0) is 6.54 Å². The molecular weight excluding hydrogens is 404 g/mol. The zero-order valence-corrected chi connectivity index (χ0v) is 18.7. The maximum atomic E-state index is 12.7. The number of carbonyl (C=O) groups excluding carboxylic acids is 1. The minimum absolute atomic E-state index is 0.178. The van der Waals surface area contributed by atoms with Crippen molar-refractivity contribution in [1.29, 1.82) is 0 Å². The van der Waals surface area contributed by atoms with Crippen LogP contribution >= 0.6 is 0 Å². The molecule has 7 nitrogen and oxygen atoms in total. The van der Waals surface area contributed by atoms with Crippen LogP contribution in [0.2, 0.25) is 0 Å². The SMILES string of the molecule is CCCCCCOc1ccc(/C=N/NC(=O)c2nn(CCC)c(=O)c3ccccc23)cc1. The molecule has 0 aliphatic heterocycles. The Kier molecular flexibility index (Phi) is 8.54. The highest BCUT2D eigenvalue weighted by Gasteiger charge is 2.15. The van der Waals surface area contributed by atoms with E-state index in [9.17, 15) is 9.59 Å². The number of amides is 1. The Morgan fingerprint density at radius 2 is 1.78 bits per heavy atom. The molecule has 1 aromatic heterocycles. The van der Waals surface area contributed by atoms with Gasteiger partial charge in [-0.3, -0.25) is 9.59 Å². The van der Waals surface area contributed by atoms with Crippen molar-refractivity contribution < 1.29 is 9.53 Å². The second-order valence-corrected chi connectivity index (χ2v) is 7.60. The summed E-state index contributed by atoms with van der Waals surface area (Å²) < 4.78 is 7.07. The molecule has 3 aromatic rings. The predicted molar refractivity (Wildman–Crippen MR) is 127 cm³/mol. The number of fused-ring (bicyclic) bond motifs is 1. The molecule has 1 heterocycles. The van der Waals surface area contributed by atoms with Crippen LogP contribution in [0.5, 0.6) is 5.75 Å². The van der Waals surface area contributed by atoms with Gasteiger partial charge in [-0.15, -0.1) is 0 Å². The van der Waals surface area contributed by atoms with Gasteiger partial charge < -0.3 is 4.74 Å². The van der Waals surface area contributed by atoms with Crippen molar-refractivity contribution in [2.75, 3.05) is 6.61 Å². The van der Waals surface area contributed by atoms with Crippen LogP contribution in [0.3, 0.4) is 0 Å². The summed E-state index contributed by atoms with van der Waals surface area (Å²) in [4.78, 5) is 25.3. The number of nitrogens with one attached hydrogen (secondary N) is 1. The molecule has 3 rings (SSSR count). The Balaban J connectivity index is 1.65. The molecular formula is C25H30N4O3. The number of aromatic nitrogens is 2. The van der Waals surface area contributed by atoms with Crippen molar-refractivity contribution in [3.63, 3.8) is 0 Å². The summed E-state index contributed by atoms with van der Waals surface area (Å²) in [6, 6.07) is 14.5. The second kappa shape index (κ2) is 11.8. The third kappa shape index (κ3) is 6.03. The second-order valence-electron chi connectivity index (χ2n) is 7.60. The quantitative estimate of drug-likeness (QED) is 0.273. The number of rotatable bonds is 11. The Bertz CT molecular complexity index is 1120. The smallest absolute Gasteiger partial charge is 0.292 e. The molecule has 0 aliphatic rings. The Morgan fingerprint density at radius 1 is 1.03 bits per heavy atom. The Hall–Kier alpha value is -3.48. The fraction of sp³-hybridized carbons (Fsp3) is 0.360. The molecule has 2 aromatic carbocycles. The first-order chi connectivity index (χ1) is 15.6. The zero-order valence-electron chi connectivity index (χ0n) is 18.7.